The van der Waals surface area contributed by atoms with Gasteiger partial charge in [-0.2, -0.15) is 4.98 Å². The second-order valence-electron chi connectivity index (χ2n) is 4.15. The molecule has 20 heavy (non-hydrogen) atoms. The molecule has 3 aromatic rings. The van der Waals surface area contributed by atoms with Crippen molar-refractivity contribution in [2.24, 2.45) is 5.84 Å². The van der Waals surface area contributed by atoms with E-state index in [1.165, 1.54) is 0 Å². The highest BCUT2D eigenvalue weighted by atomic mass is 32.1. The summed E-state index contributed by atoms with van der Waals surface area (Å²) in [6.45, 7) is 2.16. The fourth-order valence-electron chi connectivity index (χ4n) is 1.81. The Balaban J connectivity index is 1.77. The van der Waals surface area contributed by atoms with Gasteiger partial charge in [-0.3, -0.25) is 0 Å². The Labute approximate surface area is 119 Å². The van der Waals surface area contributed by atoms with Gasteiger partial charge >= 0.3 is 0 Å². The average Bonchev–Trinajstić information content (AvgIpc) is 2.87. The average molecular weight is 287 g/mol. The van der Waals surface area contributed by atoms with Gasteiger partial charge in [-0.1, -0.05) is 12.1 Å². The predicted molar refractivity (Wildman–Crippen MR) is 78.5 cm³/mol. The maximum atomic E-state index is 5.65. The van der Waals surface area contributed by atoms with Crippen LogP contribution in [0.1, 0.15) is 10.8 Å². The maximum absolute atomic E-state index is 5.65. The molecule has 0 aliphatic rings. The summed E-state index contributed by atoms with van der Waals surface area (Å²) in [5, 5.41) is 0.907. The Hall–Kier alpha value is -2.25. The Kier molecular flexibility index (Phi) is 3.44. The number of nitrogens with one attached hydrogen (secondary N) is 1. The molecule has 0 aliphatic carbocycles. The monoisotopic (exact) mass is 287 g/mol. The summed E-state index contributed by atoms with van der Waals surface area (Å²) < 4.78 is 6.79. The van der Waals surface area contributed by atoms with Crippen LogP contribution in [0.4, 0.5) is 5.82 Å². The summed E-state index contributed by atoms with van der Waals surface area (Å²) in [6, 6.07) is 9.65. The minimum absolute atomic E-state index is 0.375. The Morgan fingerprint density at radius 2 is 2.10 bits per heavy atom. The lowest BCUT2D eigenvalue weighted by atomic mass is 10.3. The number of fused-ring (bicyclic) bond motifs is 1. The van der Waals surface area contributed by atoms with Crippen molar-refractivity contribution in [3.8, 4) is 5.88 Å². The van der Waals surface area contributed by atoms with E-state index in [-0.39, 0.29) is 0 Å². The minimum atomic E-state index is 0.375. The van der Waals surface area contributed by atoms with Crippen molar-refractivity contribution in [2.75, 3.05) is 5.43 Å². The molecular formula is C13H13N5OS. The summed E-state index contributed by atoms with van der Waals surface area (Å²) in [7, 11) is 0. The molecule has 0 saturated carbocycles. The maximum Gasteiger partial charge on any atom is 0.219 e. The first kappa shape index (κ1) is 12.8. The molecule has 0 spiro atoms. The van der Waals surface area contributed by atoms with Crippen LogP contribution in [0.5, 0.6) is 5.88 Å². The second-order valence-corrected chi connectivity index (χ2v) is 5.26. The molecule has 0 radical (unpaired) electrons. The number of hydrogen-bond donors (Lipinski definition) is 2. The van der Waals surface area contributed by atoms with Gasteiger partial charge in [-0.15, -0.1) is 11.3 Å². The van der Waals surface area contributed by atoms with Gasteiger partial charge in [0.25, 0.3) is 0 Å². The molecule has 6 nitrogen and oxygen atoms in total. The van der Waals surface area contributed by atoms with Gasteiger partial charge in [-0.25, -0.2) is 15.8 Å². The first-order valence-corrected chi connectivity index (χ1v) is 6.86. The van der Waals surface area contributed by atoms with Crippen molar-refractivity contribution in [3.63, 3.8) is 0 Å². The first-order valence-electron chi connectivity index (χ1n) is 6.04. The number of benzene rings is 1. The summed E-state index contributed by atoms with van der Waals surface area (Å²) in [5.41, 5.74) is 3.47. The van der Waals surface area contributed by atoms with Crippen LogP contribution in [0, 0.1) is 6.92 Å². The number of hydrazine groups is 1. The number of nitrogens with two attached hydrogens (primary N) is 1. The summed E-state index contributed by atoms with van der Waals surface area (Å²) in [5.74, 6) is 6.94. The number of para-hydroxylation sites is 1. The van der Waals surface area contributed by atoms with Crippen molar-refractivity contribution in [1.29, 1.82) is 0 Å². The van der Waals surface area contributed by atoms with Gasteiger partial charge in [0.15, 0.2) is 0 Å². The number of anilines is 1. The topological polar surface area (TPSA) is 86.0 Å². The molecule has 102 valence electrons. The highest BCUT2D eigenvalue weighted by molar-refractivity contribution is 7.18. The van der Waals surface area contributed by atoms with Gasteiger partial charge < -0.3 is 10.2 Å². The molecule has 0 unspecified atom stereocenters. The lowest BCUT2D eigenvalue weighted by Crippen LogP contribution is -2.10. The number of rotatable bonds is 4. The molecule has 3 rings (SSSR count). The summed E-state index contributed by atoms with van der Waals surface area (Å²) in [4.78, 5) is 12.8. The fraction of sp³-hybridized carbons (Fsp3) is 0.154. The van der Waals surface area contributed by atoms with E-state index in [0.717, 1.165) is 15.2 Å². The molecule has 7 heteroatoms. The van der Waals surface area contributed by atoms with Crippen LogP contribution in [-0.2, 0) is 6.61 Å². The zero-order chi connectivity index (χ0) is 13.9. The van der Waals surface area contributed by atoms with Crippen LogP contribution < -0.4 is 16.0 Å². The van der Waals surface area contributed by atoms with Crippen molar-refractivity contribution in [3.05, 3.63) is 41.2 Å². The lowest BCUT2D eigenvalue weighted by molar-refractivity contribution is 0.292. The first-order chi connectivity index (χ1) is 9.74. The van der Waals surface area contributed by atoms with E-state index in [1.54, 1.807) is 24.3 Å². The molecule has 0 bridgehead atoms. The third kappa shape index (κ3) is 2.68. The SMILES string of the molecule is Cc1nc(NN)cc(OCc2nc3ccccc3s2)n1. The van der Waals surface area contributed by atoms with E-state index >= 15 is 0 Å². The smallest absolute Gasteiger partial charge is 0.219 e. The van der Waals surface area contributed by atoms with Crippen LogP contribution in [0.2, 0.25) is 0 Å². The third-order valence-corrected chi connectivity index (χ3v) is 3.65. The molecule has 0 atom stereocenters. The second kappa shape index (κ2) is 5.40. The van der Waals surface area contributed by atoms with E-state index in [1.807, 2.05) is 24.3 Å². The van der Waals surface area contributed by atoms with Gasteiger partial charge in [-0.05, 0) is 19.1 Å². The zero-order valence-electron chi connectivity index (χ0n) is 10.8. The van der Waals surface area contributed by atoms with E-state index in [0.29, 0.717) is 24.1 Å². The standard InChI is InChI=1S/C13H13N5OS/c1-8-15-11(18-14)6-12(16-8)19-7-13-17-9-4-2-3-5-10(9)20-13/h2-6H,7,14H2,1H3,(H,15,16,18). The van der Waals surface area contributed by atoms with E-state index < -0.39 is 0 Å². The molecule has 2 aromatic heterocycles. The quantitative estimate of drug-likeness (QED) is 0.565. The van der Waals surface area contributed by atoms with E-state index in [4.69, 9.17) is 10.6 Å². The van der Waals surface area contributed by atoms with Crippen LogP contribution in [0.3, 0.4) is 0 Å². The summed E-state index contributed by atoms with van der Waals surface area (Å²) in [6.07, 6.45) is 0. The Bertz CT molecular complexity index is 709. The molecule has 0 saturated heterocycles. The number of ether oxygens (including phenoxy) is 1. The lowest BCUT2D eigenvalue weighted by Gasteiger charge is -2.06. The molecule has 1 aromatic carbocycles. The van der Waals surface area contributed by atoms with Crippen LogP contribution in [0.15, 0.2) is 30.3 Å². The minimum Gasteiger partial charge on any atom is -0.470 e. The third-order valence-electron chi connectivity index (χ3n) is 2.64. The van der Waals surface area contributed by atoms with E-state index in [2.05, 4.69) is 20.4 Å². The molecule has 0 aliphatic heterocycles. The van der Waals surface area contributed by atoms with Crippen molar-refractivity contribution in [2.45, 2.75) is 13.5 Å². The van der Waals surface area contributed by atoms with Crippen molar-refractivity contribution < 1.29 is 4.74 Å². The zero-order valence-corrected chi connectivity index (χ0v) is 11.6. The van der Waals surface area contributed by atoms with Gasteiger partial charge in [0.05, 0.1) is 10.2 Å². The number of aryl methyl sites for hydroxylation is 1. The fourth-order valence-corrected chi connectivity index (χ4v) is 2.69. The highest BCUT2D eigenvalue weighted by Gasteiger charge is 2.06. The van der Waals surface area contributed by atoms with Crippen molar-refractivity contribution in [1.82, 2.24) is 15.0 Å². The Morgan fingerprint density at radius 3 is 2.90 bits per heavy atom. The van der Waals surface area contributed by atoms with E-state index in [9.17, 15) is 0 Å². The van der Waals surface area contributed by atoms with Gasteiger partial charge in [0.1, 0.15) is 23.3 Å². The van der Waals surface area contributed by atoms with Crippen LogP contribution >= 0.6 is 11.3 Å². The number of nitrogens with zero attached hydrogens (tertiary/aromatic N) is 3. The van der Waals surface area contributed by atoms with Gasteiger partial charge in [0.2, 0.25) is 5.88 Å². The number of aromatic nitrogens is 3. The Morgan fingerprint density at radius 1 is 1.25 bits per heavy atom. The predicted octanol–water partition coefficient (Wildman–Crippen LogP) is 2.26. The van der Waals surface area contributed by atoms with Crippen LogP contribution in [-0.4, -0.2) is 15.0 Å². The highest BCUT2D eigenvalue weighted by Crippen LogP contribution is 2.23. The molecule has 0 fully saturated rings. The summed E-state index contributed by atoms with van der Waals surface area (Å²) >= 11 is 1.61. The van der Waals surface area contributed by atoms with Crippen LogP contribution in [0.25, 0.3) is 10.2 Å². The van der Waals surface area contributed by atoms with Crippen molar-refractivity contribution >= 4 is 27.4 Å². The normalized spacial score (nSPS) is 10.7. The number of thiazole rings is 1. The number of hydrogen-bond acceptors (Lipinski definition) is 7. The number of nitrogen functional groups attached to an aromatic ring is 1. The molecule has 0 amide bonds. The molecule has 3 N–H and O–H groups in total. The van der Waals surface area contributed by atoms with Gasteiger partial charge in [0, 0.05) is 6.07 Å². The molecular weight excluding hydrogens is 274 g/mol. The molecule has 2 heterocycles. The largest absolute Gasteiger partial charge is 0.470 e.